The van der Waals surface area contributed by atoms with Gasteiger partial charge in [0.05, 0.1) is 11.0 Å². The molecule has 1 unspecified atom stereocenters. The van der Waals surface area contributed by atoms with Gasteiger partial charge >= 0.3 is 0 Å². The molecule has 1 fully saturated rings. The first-order valence-corrected chi connectivity index (χ1v) is 11.0. The molecule has 2 aliphatic rings. The smallest absolute Gasteiger partial charge is 0.223 e. The second-order valence-corrected chi connectivity index (χ2v) is 8.58. The minimum absolute atomic E-state index is 0.0730. The quantitative estimate of drug-likeness (QED) is 0.644. The number of carbonyl (C=O) groups is 2. The summed E-state index contributed by atoms with van der Waals surface area (Å²) in [6.07, 6.45) is 5.90. The van der Waals surface area contributed by atoms with Crippen molar-refractivity contribution in [3.63, 3.8) is 0 Å². The van der Waals surface area contributed by atoms with E-state index in [9.17, 15) is 9.59 Å². The summed E-state index contributed by atoms with van der Waals surface area (Å²) in [5.41, 5.74) is 5.43. The van der Waals surface area contributed by atoms with Crippen molar-refractivity contribution in [1.29, 1.82) is 0 Å². The topological polar surface area (TPSA) is 66.1 Å². The number of hydrogen-bond donors (Lipinski definition) is 1. The van der Waals surface area contributed by atoms with Crippen LogP contribution in [0.4, 0.5) is 0 Å². The lowest BCUT2D eigenvalue weighted by molar-refractivity contribution is -0.132. The number of aromatic amines is 1. The number of Topliss-reactive ketones (excluding diaryl/α,β-unsaturated/α-hetero) is 1. The molecule has 1 atom stereocenters. The van der Waals surface area contributed by atoms with E-state index in [4.69, 9.17) is 4.98 Å². The maximum atomic E-state index is 12.8. The summed E-state index contributed by atoms with van der Waals surface area (Å²) in [6, 6.07) is 14.1. The van der Waals surface area contributed by atoms with Gasteiger partial charge in [0.1, 0.15) is 5.82 Å². The van der Waals surface area contributed by atoms with Crippen LogP contribution in [0.5, 0.6) is 0 Å². The van der Waals surface area contributed by atoms with Crippen molar-refractivity contribution in [3.05, 3.63) is 65.0 Å². The lowest BCUT2D eigenvalue weighted by Crippen LogP contribution is -2.39. The molecule has 1 amide bonds. The number of aromatic nitrogens is 2. The zero-order valence-corrected chi connectivity index (χ0v) is 17.2. The molecule has 1 aromatic heterocycles. The van der Waals surface area contributed by atoms with E-state index < -0.39 is 0 Å². The van der Waals surface area contributed by atoms with E-state index in [1.807, 2.05) is 41.3 Å². The van der Waals surface area contributed by atoms with Crippen LogP contribution in [0.25, 0.3) is 11.0 Å². The highest BCUT2D eigenvalue weighted by Gasteiger charge is 2.27. The van der Waals surface area contributed by atoms with Gasteiger partial charge in [0.15, 0.2) is 5.78 Å². The molecule has 30 heavy (non-hydrogen) atoms. The Bertz CT molecular complexity index is 1070. The molecule has 0 saturated carbocycles. The number of aryl methyl sites for hydroxylation is 2. The van der Waals surface area contributed by atoms with Crippen LogP contribution in [-0.2, 0) is 17.6 Å². The highest BCUT2D eigenvalue weighted by molar-refractivity contribution is 5.98. The van der Waals surface area contributed by atoms with Crippen molar-refractivity contribution in [2.75, 3.05) is 13.1 Å². The minimum Gasteiger partial charge on any atom is -0.342 e. The molecule has 0 bridgehead atoms. The van der Waals surface area contributed by atoms with Crippen LogP contribution in [0, 0.1) is 0 Å². The molecule has 0 spiro atoms. The Balaban J connectivity index is 1.20. The standard InChI is InChI=1S/C25H27N3O2/c29-23(19-11-10-17-5-3-6-18(17)15-19)12-13-24(30)28-14-4-7-20(16-28)25-26-21-8-1-2-9-22(21)27-25/h1-2,8-11,15,20H,3-7,12-14,16H2,(H,26,27). The van der Waals surface area contributed by atoms with Gasteiger partial charge in [-0.1, -0.05) is 24.3 Å². The third-order valence-electron chi connectivity index (χ3n) is 6.55. The maximum Gasteiger partial charge on any atom is 0.223 e. The van der Waals surface area contributed by atoms with Crippen LogP contribution >= 0.6 is 0 Å². The van der Waals surface area contributed by atoms with Gasteiger partial charge in [-0.15, -0.1) is 0 Å². The first-order chi connectivity index (χ1) is 14.7. The number of nitrogens with zero attached hydrogens (tertiary/aromatic N) is 2. The molecule has 1 N–H and O–H groups in total. The van der Waals surface area contributed by atoms with Gasteiger partial charge in [-0.2, -0.15) is 0 Å². The van der Waals surface area contributed by atoms with E-state index in [0.29, 0.717) is 6.54 Å². The van der Waals surface area contributed by atoms with Crippen LogP contribution in [0.2, 0.25) is 0 Å². The first-order valence-electron chi connectivity index (χ1n) is 11.0. The molecule has 1 saturated heterocycles. The number of fused-ring (bicyclic) bond motifs is 2. The maximum absolute atomic E-state index is 12.8. The summed E-state index contributed by atoms with van der Waals surface area (Å²) < 4.78 is 0. The number of benzene rings is 2. The summed E-state index contributed by atoms with van der Waals surface area (Å²) in [5, 5.41) is 0. The number of likely N-dealkylation sites (tertiary alicyclic amines) is 1. The molecule has 1 aliphatic heterocycles. The van der Waals surface area contributed by atoms with Crippen molar-refractivity contribution in [2.45, 2.75) is 50.9 Å². The molecule has 1 aliphatic carbocycles. The molecule has 5 rings (SSSR count). The summed E-state index contributed by atoms with van der Waals surface area (Å²) in [5.74, 6) is 1.33. The molecule has 2 heterocycles. The van der Waals surface area contributed by atoms with Gasteiger partial charge in [0.2, 0.25) is 5.91 Å². The van der Waals surface area contributed by atoms with Crippen LogP contribution in [0.1, 0.15) is 65.3 Å². The van der Waals surface area contributed by atoms with Crippen LogP contribution in [0.3, 0.4) is 0 Å². The summed E-state index contributed by atoms with van der Waals surface area (Å²) in [7, 11) is 0. The molecular weight excluding hydrogens is 374 g/mol. The highest BCUT2D eigenvalue weighted by atomic mass is 16.2. The predicted octanol–water partition coefficient (Wildman–Crippen LogP) is 4.42. The number of amides is 1. The van der Waals surface area contributed by atoms with Crippen LogP contribution < -0.4 is 0 Å². The number of rotatable bonds is 5. The van der Waals surface area contributed by atoms with Crippen LogP contribution in [-0.4, -0.2) is 39.6 Å². The fraction of sp³-hybridized carbons (Fsp3) is 0.400. The highest BCUT2D eigenvalue weighted by Crippen LogP contribution is 2.28. The third kappa shape index (κ3) is 3.76. The number of nitrogens with one attached hydrogen (secondary N) is 1. The summed E-state index contributed by atoms with van der Waals surface area (Å²) in [6.45, 7) is 1.44. The second-order valence-electron chi connectivity index (χ2n) is 8.58. The number of imidazole rings is 1. The predicted molar refractivity (Wildman–Crippen MR) is 117 cm³/mol. The molecule has 0 radical (unpaired) electrons. The summed E-state index contributed by atoms with van der Waals surface area (Å²) in [4.78, 5) is 35.5. The second kappa shape index (κ2) is 8.05. The van der Waals surface area contributed by atoms with Crippen molar-refractivity contribution in [3.8, 4) is 0 Å². The average molecular weight is 402 g/mol. The Labute approximate surface area is 176 Å². The van der Waals surface area contributed by atoms with Crippen LogP contribution in [0.15, 0.2) is 42.5 Å². The van der Waals surface area contributed by atoms with E-state index >= 15 is 0 Å². The zero-order chi connectivity index (χ0) is 20.5. The van der Waals surface area contributed by atoms with E-state index in [2.05, 4.69) is 11.1 Å². The first kappa shape index (κ1) is 19.0. The number of ketones is 1. The molecule has 5 nitrogen and oxygen atoms in total. The number of para-hydroxylation sites is 2. The Morgan fingerprint density at radius 1 is 1.03 bits per heavy atom. The van der Waals surface area contributed by atoms with E-state index in [0.717, 1.165) is 54.6 Å². The Hall–Kier alpha value is -2.95. The van der Waals surface area contributed by atoms with Crippen molar-refractivity contribution < 1.29 is 9.59 Å². The largest absolute Gasteiger partial charge is 0.342 e. The Morgan fingerprint density at radius 3 is 2.80 bits per heavy atom. The van der Waals surface area contributed by atoms with Gasteiger partial charge in [0, 0.05) is 37.4 Å². The minimum atomic E-state index is 0.0730. The number of hydrogen-bond acceptors (Lipinski definition) is 3. The monoisotopic (exact) mass is 401 g/mol. The van der Waals surface area contributed by atoms with Gasteiger partial charge in [-0.05, 0) is 61.4 Å². The molecule has 3 aromatic rings. The lowest BCUT2D eigenvalue weighted by atomic mass is 9.96. The molecule has 154 valence electrons. The third-order valence-corrected chi connectivity index (χ3v) is 6.55. The SMILES string of the molecule is O=C(CCC(=O)N1CCCC(c2nc3ccccc3[nH]2)C1)c1ccc2c(c1)CCC2. The van der Waals surface area contributed by atoms with Gasteiger partial charge in [-0.3, -0.25) is 9.59 Å². The fourth-order valence-corrected chi connectivity index (χ4v) is 4.86. The number of piperidine rings is 1. The van der Waals surface area contributed by atoms with Crippen molar-refractivity contribution >= 4 is 22.7 Å². The average Bonchev–Trinajstić information content (AvgIpc) is 3.43. The lowest BCUT2D eigenvalue weighted by Gasteiger charge is -2.32. The number of H-pyrrole nitrogens is 1. The Kier molecular flexibility index (Phi) is 5.11. The van der Waals surface area contributed by atoms with Crippen molar-refractivity contribution in [1.82, 2.24) is 14.9 Å². The van der Waals surface area contributed by atoms with Crippen molar-refractivity contribution in [2.24, 2.45) is 0 Å². The molecular formula is C25H27N3O2. The van der Waals surface area contributed by atoms with Gasteiger partial charge in [0.25, 0.3) is 0 Å². The fourth-order valence-electron chi connectivity index (χ4n) is 4.86. The van der Waals surface area contributed by atoms with Gasteiger partial charge < -0.3 is 9.88 Å². The van der Waals surface area contributed by atoms with E-state index in [-0.39, 0.29) is 30.4 Å². The van der Waals surface area contributed by atoms with E-state index in [1.165, 1.54) is 17.5 Å². The molecule has 2 aromatic carbocycles. The Morgan fingerprint density at radius 2 is 1.90 bits per heavy atom. The van der Waals surface area contributed by atoms with Gasteiger partial charge in [-0.25, -0.2) is 4.98 Å². The summed E-state index contributed by atoms with van der Waals surface area (Å²) >= 11 is 0. The normalized spacial score (nSPS) is 18.5. The number of carbonyl (C=O) groups excluding carboxylic acids is 2. The molecule has 5 heteroatoms. The zero-order valence-electron chi connectivity index (χ0n) is 17.2. The van der Waals surface area contributed by atoms with E-state index in [1.54, 1.807) is 0 Å².